The first-order valence-electron chi connectivity index (χ1n) is 8.87. The summed E-state index contributed by atoms with van der Waals surface area (Å²) >= 11 is 0. The van der Waals surface area contributed by atoms with Crippen molar-refractivity contribution >= 4 is 5.97 Å². The second-order valence-corrected chi connectivity index (χ2v) is 6.27. The van der Waals surface area contributed by atoms with Gasteiger partial charge in [-0.25, -0.2) is 0 Å². The van der Waals surface area contributed by atoms with Gasteiger partial charge in [0.2, 0.25) is 0 Å². The normalized spacial score (nSPS) is 24.0. The zero-order valence-electron chi connectivity index (χ0n) is 13.9. The molecule has 1 fully saturated rings. The van der Waals surface area contributed by atoms with E-state index in [1.807, 2.05) is 0 Å². The molecule has 1 aliphatic rings. The Labute approximate surface area is 134 Å². The number of unbranched alkanes of at least 4 members (excludes halogenated alkanes) is 2. The highest BCUT2D eigenvalue weighted by Crippen LogP contribution is 2.16. The number of aliphatic hydroxyl groups is 2. The molecule has 1 rings (SSSR count). The van der Waals surface area contributed by atoms with Gasteiger partial charge < -0.3 is 14.9 Å². The third kappa shape index (κ3) is 8.54. The van der Waals surface area contributed by atoms with Crippen LogP contribution in [-0.2, 0) is 9.53 Å². The van der Waals surface area contributed by atoms with Gasteiger partial charge in [0.25, 0.3) is 0 Å². The third-order valence-electron chi connectivity index (χ3n) is 4.17. The molecule has 1 heterocycles. The molecule has 0 saturated carbocycles. The lowest BCUT2D eigenvalue weighted by molar-refractivity contribution is -0.147. The van der Waals surface area contributed by atoms with Crippen molar-refractivity contribution in [2.45, 2.75) is 95.9 Å². The van der Waals surface area contributed by atoms with E-state index in [9.17, 15) is 15.0 Å². The summed E-state index contributed by atoms with van der Waals surface area (Å²) in [6.07, 6.45) is 11.7. The fourth-order valence-corrected chi connectivity index (χ4v) is 2.71. The van der Waals surface area contributed by atoms with E-state index in [0.717, 1.165) is 51.4 Å². The highest BCUT2D eigenvalue weighted by Gasteiger charge is 2.16. The van der Waals surface area contributed by atoms with E-state index in [0.29, 0.717) is 12.8 Å². The fraction of sp³-hybridized carbons (Fsp3) is 0.833. The Balaban J connectivity index is 2.43. The Morgan fingerprint density at radius 3 is 2.68 bits per heavy atom. The van der Waals surface area contributed by atoms with Crippen LogP contribution in [0.1, 0.15) is 77.6 Å². The molecule has 1 aliphatic heterocycles. The minimum Gasteiger partial charge on any atom is -0.458 e. The molecule has 0 aromatic heterocycles. The van der Waals surface area contributed by atoms with Gasteiger partial charge in [0, 0.05) is 6.42 Å². The Morgan fingerprint density at radius 1 is 1.18 bits per heavy atom. The average Bonchev–Trinajstić information content (AvgIpc) is 2.51. The zero-order chi connectivity index (χ0) is 16.2. The molecule has 0 aliphatic carbocycles. The first-order chi connectivity index (χ1) is 10.6. The summed E-state index contributed by atoms with van der Waals surface area (Å²) in [7, 11) is 0. The maximum atomic E-state index is 11.7. The minimum atomic E-state index is -0.883. The number of esters is 1. The van der Waals surface area contributed by atoms with Gasteiger partial charge in [-0.1, -0.05) is 51.5 Å². The van der Waals surface area contributed by atoms with Crippen molar-refractivity contribution in [2.24, 2.45) is 0 Å². The van der Waals surface area contributed by atoms with Gasteiger partial charge in [0.15, 0.2) is 0 Å². The molecule has 0 aromatic rings. The first-order valence-corrected chi connectivity index (χ1v) is 8.87. The predicted molar refractivity (Wildman–Crippen MR) is 87.5 cm³/mol. The molecule has 2 N–H and O–H groups in total. The summed E-state index contributed by atoms with van der Waals surface area (Å²) in [5.41, 5.74) is 0. The number of hydrogen-bond donors (Lipinski definition) is 2. The molecule has 22 heavy (non-hydrogen) atoms. The highest BCUT2D eigenvalue weighted by molar-refractivity contribution is 5.69. The quantitative estimate of drug-likeness (QED) is 0.429. The monoisotopic (exact) mass is 312 g/mol. The van der Waals surface area contributed by atoms with E-state index in [-0.39, 0.29) is 12.1 Å². The van der Waals surface area contributed by atoms with E-state index in [1.54, 1.807) is 12.2 Å². The van der Waals surface area contributed by atoms with Crippen molar-refractivity contribution in [1.29, 1.82) is 0 Å². The van der Waals surface area contributed by atoms with Crippen molar-refractivity contribution < 1.29 is 19.7 Å². The summed E-state index contributed by atoms with van der Waals surface area (Å²) in [4.78, 5) is 11.7. The molecule has 4 nitrogen and oxygen atoms in total. The van der Waals surface area contributed by atoms with Crippen LogP contribution in [0.2, 0.25) is 0 Å². The average molecular weight is 312 g/mol. The van der Waals surface area contributed by atoms with Crippen LogP contribution in [0.15, 0.2) is 12.2 Å². The number of rotatable bonds is 7. The van der Waals surface area contributed by atoms with Crippen LogP contribution in [-0.4, -0.2) is 34.5 Å². The topological polar surface area (TPSA) is 66.8 Å². The number of carbonyl (C=O) groups excluding carboxylic acids is 1. The van der Waals surface area contributed by atoms with Gasteiger partial charge in [0.1, 0.15) is 6.10 Å². The second kappa shape index (κ2) is 11.7. The summed E-state index contributed by atoms with van der Waals surface area (Å²) < 4.78 is 5.44. The van der Waals surface area contributed by atoms with Gasteiger partial charge in [-0.2, -0.15) is 0 Å². The molecule has 0 aromatic carbocycles. The number of hydrogen-bond acceptors (Lipinski definition) is 4. The fourth-order valence-electron chi connectivity index (χ4n) is 2.71. The van der Waals surface area contributed by atoms with Crippen LogP contribution in [0.25, 0.3) is 0 Å². The summed E-state index contributed by atoms with van der Waals surface area (Å²) in [6.45, 7) is 2.11. The van der Waals surface area contributed by atoms with Crippen LogP contribution in [0.4, 0.5) is 0 Å². The van der Waals surface area contributed by atoms with Crippen LogP contribution >= 0.6 is 0 Å². The van der Waals surface area contributed by atoms with Crippen molar-refractivity contribution in [1.82, 2.24) is 0 Å². The maximum absolute atomic E-state index is 11.7. The largest absolute Gasteiger partial charge is 0.458 e. The van der Waals surface area contributed by atoms with Crippen LogP contribution < -0.4 is 0 Å². The Kier molecular flexibility index (Phi) is 10.2. The van der Waals surface area contributed by atoms with Crippen LogP contribution in [0.3, 0.4) is 0 Å². The molecule has 0 spiro atoms. The Hall–Kier alpha value is -0.870. The highest BCUT2D eigenvalue weighted by atomic mass is 16.5. The third-order valence-corrected chi connectivity index (χ3v) is 4.17. The lowest BCUT2D eigenvalue weighted by atomic mass is 10.0. The standard InChI is InChI=1S/C18H32O4/c1-2-3-7-11-16(19)17(20)14-13-15-10-8-5-4-6-9-12-18(21)22-15/h13-17,19-20H,2-12H2,1H3/b14-13+/t15-,16-,17+/m0/s1. The van der Waals surface area contributed by atoms with Gasteiger partial charge >= 0.3 is 5.97 Å². The minimum absolute atomic E-state index is 0.158. The van der Waals surface area contributed by atoms with Gasteiger partial charge in [-0.15, -0.1) is 0 Å². The molecule has 128 valence electrons. The number of cyclic esters (lactones) is 1. The van der Waals surface area contributed by atoms with Crippen molar-refractivity contribution in [3.63, 3.8) is 0 Å². The molecular formula is C18H32O4. The zero-order valence-corrected chi connectivity index (χ0v) is 13.9. The van der Waals surface area contributed by atoms with Gasteiger partial charge in [0.05, 0.1) is 12.2 Å². The Bertz CT molecular complexity index is 327. The van der Waals surface area contributed by atoms with Gasteiger partial charge in [-0.3, -0.25) is 4.79 Å². The molecule has 4 heteroatoms. The van der Waals surface area contributed by atoms with E-state index >= 15 is 0 Å². The van der Waals surface area contributed by atoms with E-state index < -0.39 is 12.2 Å². The van der Waals surface area contributed by atoms with E-state index in [1.165, 1.54) is 6.42 Å². The molecule has 0 amide bonds. The number of ether oxygens (including phenoxy) is 1. The van der Waals surface area contributed by atoms with Gasteiger partial charge in [-0.05, 0) is 31.8 Å². The second-order valence-electron chi connectivity index (χ2n) is 6.27. The first kappa shape index (κ1) is 19.2. The van der Waals surface area contributed by atoms with Crippen molar-refractivity contribution in [3.8, 4) is 0 Å². The lowest BCUT2D eigenvalue weighted by Gasteiger charge is -2.18. The predicted octanol–water partition coefficient (Wildman–Crippen LogP) is 3.50. The molecule has 0 radical (unpaired) electrons. The molecule has 0 bridgehead atoms. The van der Waals surface area contributed by atoms with Crippen molar-refractivity contribution in [3.05, 3.63) is 12.2 Å². The number of aliphatic hydroxyl groups excluding tert-OH is 2. The van der Waals surface area contributed by atoms with Crippen molar-refractivity contribution in [2.75, 3.05) is 0 Å². The molecule has 3 atom stereocenters. The van der Waals surface area contributed by atoms with Crippen LogP contribution in [0, 0.1) is 0 Å². The van der Waals surface area contributed by atoms with Crippen LogP contribution in [0.5, 0.6) is 0 Å². The Morgan fingerprint density at radius 2 is 1.91 bits per heavy atom. The smallest absolute Gasteiger partial charge is 0.306 e. The molecule has 0 unspecified atom stereocenters. The number of carbonyl (C=O) groups is 1. The summed E-state index contributed by atoms with van der Waals surface area (Å²) in [6, 6.07) is 0. The van der Waals surface area contributed by atoms with E-state index in [2.05, 4.69) is 6.92 Å². The molecule has 1 saturated heterocycles. The maximum Gasteiger partial charge on any atom is 0.306 e. The SMILES string of the molecule is CCCCC[C@H](O)[C@H](O)/C=C/[C@@H]1CCCCCCCC(=O)O1. The summed E-state index contributed by atoms with van der Waals surface area (Å²) in [5.74, 6) is -0.158. The summed E-state index contributed by atoms with van der Waals surface area (Å²) in [5, 5.41) is 19.9. The molecular weight excluding hydrogens is 280 g/mol. The lowest BCUT2D eigenvalue weighted by Crippen LogP contribution is -2.24. The van der Waals surface area contributed by atoms with E-state index in [4.69, 9.17) is 4.74 Å².